The molecule has 0 saturated carbocycles. The molecule has 1 unspecified atom stereocenters. The van der Waals surface area contributed by atoms with Crippen molar-refractivity contribution in [3.8, 4) is 11.1 Å². The zero-order chi connectivity index (χ0) is 35.4. The van der Waals surface area contributed by atoms with Gasteiger partial charge in [-0.2, -0.15) is 32.1 Å². The van der Waals surface area contributed by atoms with E-state index in [-0.39, 0.29) is 23.4 Å². The molecule has 0 fully saturated rings. The first-order valence-electron chi connectivity index (χ1n) is 14.6. The number of alkyl halides is 5. The molecule has 0 spiro atoms. The van der Waals surface area contributed by atoms with Crippen molar-refractivity contribution in [1.82, 2.24) is 29.9 Å². The van der Waals surface area contributed by atoms with Crippen molar-refractivity contribution < 1.29 is 35.5 Å². The second kappa shape index (κ2) is 12.7. The summed E-state index contributed by atoms with van der Waals surface area (Å²) in [7, 11) is 1.68. The molecule has 9 nitrogen and oxygen atoms in total. The van der Waals surface area contributed by atoms with Crippen molar-refractivity contribution in [1.29, 1.82) is 0 Å². The van der Waals surface area contributed by atoms with E-state index >= 15 is 0 Å². The number of halogens is 8. The largest absolute Gasteiger partial charge is 0.435 e. The fraction of sp³-hybridized carbons (Fsp3) is 0.290. The van der Waals surface area contributed by atoms with E-state index in [1.807, 2.05) is 0 Å². The molecule has 49 heavy (non-hydrogen) atoms. The molecule has 0 aliphatic heterocycles. The fourth-order valence-electron chi connectivity index (χ4n) is 6.19. The summed E-state index contributed by atoms with van der Waals surface area (Å²) in [6, 6.07) is 6.37. The lowest BCUT2D eigenvalue weighted by molar-refractivity contribution is -0.142. The van der Waals surface area contributed by atoms with E-state index in [4.69, 9.17) is 17.3 Å². The van der Waals surface area contributed by atoms with E-state index in [9.17, 15) is 35.5 Å². The molecule has 6 rings (SSSR count). The van der Waals surface area contributed by atoms with Gasteiger partial charge in [0.05, 0.1) is 39.5 Å². The van der Waals surface area contributed by atoms with Crippen LogP contribution in [0.2, 0.25) is 5.02 Å². The van der Waals surface area contributed by atoms with Gasteiger partial charge < -0.3 is 15.8 Å². The van der Waals surface area contributed by atoms with Crippen molar-refractivity contribution in [3.63, 3.8) is 0 Å². The number of carbonyl (C=O) groups is 1. The van der Waals surface area contributed by atoms with Gasteiger partial charge in [0.25, 0.3) is 5.92 Å². The van der Waals surface area contributed by atoms with Crippen LogP contribution in [0.3, 0.4) is 0 Å². The molecule has 258 valence electrons. The summed E-state index contributed by atoms with van der Waals surface area (Å²) in [5.41, 5.74) is 4.85. The van der Waals surface area contributed by atoms with Crippen LogP contribution in [0.5, 0.6) is 0 Å². The number of aryl methyl sites for hydroxylation is 1. The Balaban J connectivity index is 1.46. The van der Waals surface area contributed by atoms with Crippen LogP contribution in [0.4, 0.5) is 42.2 Å². The molecule has 1 aliphatic rings. The third-order valence-corrected chi connectivity index (χ3v) is 8.75. The number of carbonyl (C=O) groups excluding carboxylic acids is 1. The molecule has 1 atom stereocenters. The van der Waals surface area contributed by atoms with Gasteiger partial charge >= 0.3 is 6.18 Å². The number of hydrogen-bond donors (Lipinski definition) is 3. The Hall–Kier alpha value is -4.51. The molecule has 5 aromatic rings. The maximum Gasteiger partial charge on any atom is 0.435 e. The lowest BCUT2D eigenvalue weighted by Gasteiger charge is -2.23. The number of hydrogen-bond acceptors (Lipinski definition) is 7. The number of nitrogen functional groups attached to an aromatic ring is 1. The lowest BCUT2D eigenvalue weighted by atomic mass is 9.94. The standard InChI is InChI=1S/C31H26ClF7N8OS/c1-46-26-18(3-4-21(32)24(26)29(44-46)45-49-2)20-11-17(40)12-41-25(20)22(9-14-7-15(33)10-16(34)8-14)42-23(48)13-47-28-19(5-6-30(28,35)36)27(43-47)31(37,38)39/h3-4,7-8,10-12,22H,5-6,9,13,40H2,1-2H3,(H,42,48)(H,44,45). The first kappa shape index (κ1) is 34.4. The number of rotatable bonds is 9. The van der Waals surface area contributed by atoms with Crippen molar-refractivity contribution in [3.05, 3.63) is 87.5 Å². The second-order valence-corrected chi connectivity index (χ2v) is 12.5. The van der Waals surface area contributed by atoms with Gasteiger partial charge in [-0.05, 0) is 42.7 Å². The third kappa shape index (κ3) is 6.60. The number of nitrogens with two attached hydrogens (primary N) is 1. The summed E-state index contributed by atoms with van der Waals surface area (Å²) in [5, 5.41) is 11.4. The van der Waals surface area contributed by atoms with Gasteiger partial charge in [0, 0.05) is 42.5 Å². The first-order chi connectivity index (χ1) is 23.1. The molecule has 0 bridgehead atoms. The van der Waals surface area contributed by atoms with Gasteiger partial charge in [-0.15, -0.1) is 0 Å². The molecule has 3 heterocycles. The average Bonchev–Trinajstić information content (AvgIpc) is 3.64. The minimum absolute atomic E-state index is 0.0893. The van der Waals surface area contributed by atoms with Crippen molar-refractivity contribution >= 4 is 51.9 Å². The quantitative estimate of drug-likeness (QED) is 0.109. The predicted molar refractivity (Wildman–Crippen MR) is 171 cm³/mol. The van der Waals surface area contributed by atoms with Gasteiger partial charge in [-0.3, -0.25) is 19.1 Å². The SMILES string of the molecule is CSNc1nn(C)c2c(-c3cc(N)cnc3C(Cc3cc(F)cc(F)c3)NC(=O)Cn3nc(C(F)(F)F)c4c3C(F)(F)CC4)ccc(Cl)c12. The van der Waals surface area contributed by atoms with Crippen LogP contribution in [0.1, 0.15) is 40.7 Å². The Morgan fingerprint density at radius 2 is 1.84 bits per heavy atom. The van der Waals surface area contributed by atoms with Crippen molar-refractivity contribution in [2.75, 3.05) is 16.7 Å². The number of nitrogens with one attached hydrogen (secondary N) is 2. The maximum absolute atomic E-state index is 14.8. The summed E-state index contributed by atoms with van der Waals surface area (Å²) in [6.07, 6.45) is -3.65. The summed E-state index contributed by atoms with van der Waals surface area (Å²) >= 11 is 7.86. The number of aromatic nitrogens is 5. The number of pyridine rings is 1. The lowest BCUT2D eigenvalue weighted by Crippen LogP contribution is -2.35. The van der Waals surface area contributed by atoms with Crippen molar-refractivity contribution in [2.45, 2.75) is 43.9 Å². The molecule has 18 heteroatoms. The highest BCUT2D eigenvalue weighted by Gasteiger charge is 2.50. The Labute approximate surface area is 283 Å². The molecule has 2 aromatic carbocycles. The van der Waals surface area contributed by atoms with E-state index in [2.05, 4.69) is 25.2 Å². The van der Waals surface area contributed by atoms with Gasteiger partial charge in [0.15, 0.2) is 11.5 Å². The molecule has 0 saturated heterocycles. The normalized spacial score (nSPS) is 14.7. The molecular formula is C31H26ClF7N8OS. The zero-order valence-electron chi connectivity index (χ0n) is 25.6. The smallest absolute Gasteiger partial charge is 0.397 e. The van der Waals surface area contributed by atoms with Gasteiger partial charge in [0.1, 0.15) is 23.9 Å². The third-order valence-electron chi connectivity index (χ3n) is 8.04. The minimum atomic E-state index is -5.03. The van der Waals surface area contributed by atoms with E-state index < -0.39 is 72.0 Å². The Morgan fingerprint density at radius 1 is 1.12 bits per heavy atom. The Bertz CT molecular complexity index is 2080. The van der Waals surface area contributed by atoms with Crippen LogP contribution in [-0.2, 0) is 43.3 Å². The van der Waals surface area contributed by atoms with Gasteiger partial charge in [0.2, 0.25) is 5.91 Å². The Morgan fingerprint density at radius 3 is 2.51 bits per heavy atom. The number of fused-ring (bicyclic) bond motifs is 2. The molecular weight excluding hydrogens is 701 g/mol. The second-order valence-electron chi connectivity index (χ2n) is 11.4. The van der Waals surface area contributed by atoms with Gasteiger partial charge in [-0.1, -0.05) is 29.6 Å². The predicted octanol–water partition coefficient (Wildman–Crippen LogP) is 7.19. The molecule has 1 amide bonds. The van der Waals surface area contributed by atoms with E-state index in [1.165, 1.54) is 18.1 Å². The summed E-state index contributed by atoms with van der Waals surface area (Å²) < 4.78 is 104. The van der Waals surface area contributed by atoms with Crippen LogP contribution < -0.4 is 15.8 Å². The van der Waals surface area contributed by atoms with Crippen LogP contribution in [0, 0.1) is 11.6 Å². The van der Waals surface area contributed by atoms with Crippen molar-refractivity contribution in [2.24, 2.45) is 7.05 Å². The topological polar surface area (TPSA) is 116 Å². The number of nitrogens with zero attached hydrogens (tertiary/aromatic N) is 5. The average molecular weight is 727 g/mol. The summed E-state index contributed by atoms with van der Waals surface area (Å²) in [6.45, 7) is -1.01. The summed E-state index contributed by atoms with van der Waals surface area (Å²) in [4.78, 5) is 18.0. The number of anilines is 2. The molecule has 4 N–H and O–H groups in total. The highest BCUT2D eigenvalue weighted by atomic mass is 35.5. The highest BCUT2D eigenvalue weighted by Crippen LogP contribution is 2.46. The fourth-order valence-corrected chi connectivity index (χ4v) is 6.77. The summed E-state index contributed by atoms with van der Waals surface area (Å²) in [5.74, 6) is -6.01. The monoisotopic (exact) mass is 726 g/mol. The molecule has 3 aromatic heterocycles. The number of benzene rings is 2. The minimum Gasteiger partial charge on any atom is -0.397 e. The zero-order valence-corrected chi connectivity index (χ0v) is 27.2. The molecule has 1 aliphatic carbocycles. The van der Waals surface area contributed by atoms with Crippen LogP contribution in [0.25, 0.3) is 22.0 Å². The first-order valence-corrected chi connectivity index (χ1v) is 16.2. The Kier molecular flexibility index (Phi) is 8.94. The van der Waals surface area contributed by atoms with Crippen LogP contribution >= 0.6 is 23.5 Å². The molecule has 0 radical (unpaired) electrons. The van der Waals surface area contributed by atoms with Gasteiger partial charge in [-0.25, -0.2) is 8.78 Å². The van der Waals surface area contributed by atoms with E-state index in [0.717, 1.165) is 12.1 Å². The van der Waals surface area contributed by atoms with E-state index in [0.29, 0.717) is 43.6 Å². The maximum atomic E-state index is 14.8. The van der Waals surface area contributed by atoms with Crippen LogP contribution in [0.15, 0.2) is 42.6 Å². The van der Waals surface area contributed by atoms with Crippen LogP contribution in [-0.4, -0.2) is 36.7 Å². The highest BCUT2D eigenvalue weighted by molar-refractivity contribution is 7.99. The number of amides is 1. The van der Waals surface area contributed by atoms with E-state index in [1.54, 1.807) is 36.2 Å².